The largest absolute Gasteiger partial charge is 0.248 e. The van der Waals surface area contributed by atoms with E-state index in [1.807, 2.05) is 78.9 Å². The van der Waals surface area contributed by atoms with Gasteiger partial charge < -0.3 is 0 Å². The van der Waals surface area contributed by atoms with Gasteiger partial charge in [0.05, 0.1) is 11.4 Å². The third-order valence-corrected chi connectivity index (χ3v) is 4.15. The third kappa shape index (κ3) is 3.20. The van der Waals surface area contributed by atoms with Gasteiger partial charge in [-0.15, -0.1) is 0 Å². The lowest BCUT2D eigenvalue weighted by molar-refractivity contribution is 0.631. The zero-order valence-corrected chi connectivity index (χ0v) is 13.6. The van der Waals surface area contributed by atoms with Crippen LogP contribution in [0.1, 0.15) is 0 Å². The lowest BCUT2D eigenvalue weighted by atomic mass is 10.00. The summed E-state index contributed by atoms with van der Waals surface area (Å²) in [6.07, 6.45) is 0. The van der Waals surface area contributed by atoms with E-state index in [0.717, 1.165) is 28.1 Å². The minimum atomic E-state index is -0.230. The fraction of sp³-hybridized carbons (Fsp3) is 0. The summed E-state index contributed by atoms with van der Waals surface area (Å²) in [4.78, 5) is 4.81. The van der Waals surface area contributed by atoms with Gasteiger partial charge in [-0.05, 0) is 23.8 Å². The predicted octanol–water partition coefficient (Wildman–Crippen LogP) is 6.22. The van der Waals surface area contributed by atoms with Crippen LogP contribution in [0.5, 0.6) is 0 Å². The molecule has 0 atom stereocenters. The van der Waals surface area contributed by atoms with Crippen LogP contribution in [0.2, 0.25) is 0 Å². The number of aromatic nitrogens is 1. The van der Waals surface area contributed by atoms with Crippen molar-refractivity contribution in [3.05, 3.63) is 103 Å². The van der Waals surface area contributed by atoms with Gasteiger partial charge >= 0.3 is 0 Å². The van der Waals surface area contributed by atoms with Crippen molar-refractivity contribution in [3.8, 4) is 33.6 Å². The van der Waals surface area contributed by atoms with Gasteiger partial charge in [-0.1, -0.05) is 78.9 Å². The van der Waals surface area contributed by atoms with E-state index < -0.39 is 0 Å². The summed E-state index contributed by atoms with van der Waals surface area (Å²) < 4.78 is 14.3. The van der Waals surface area contributed by atoms with E-state index in [2.05, 4.69) is 0 Å². The van der Waals surface area contributed by atoms with Crippen LogP contribution in [0.25, 0.3) is 33.6 Å². The fourth-order valence-corrected chi connectivity index (χ4v) is 2.89. The fourth-order valence-electron chi connectivity index (χ4n) is 2.89. The van der Waals surface area contributed by atoms with Crippen molar-refractivity contribution in [2.24, 2.45) is 0 Å². The molecule has 0 radical (unpaired) electrons. The molecular formula is C23H16FN. The van der Waals surface area contributed by atoms with E-state index in [1.54, 1.807) is 12.1 Å². The van der Waals surface area contributed by atoms with Gasteiger partial charge in [-0.2, -0.15) is 0 Å². The van der Waals surface area contributed by atoms with Crippen molar-refractivity contribution in [2.45, 2.75) is 0 Å². The van der Waals surface area contributed by atoms with Crippen molar-refractivity contribution in [1.82, 2.24) is 4.98 Å². The molecule has 0 bridgehead atoms. The molecule has 4 aromatic rings. The van der Waals surface area contributed by atoms with Gasteiger partial charge in [0.15, 0.2) is 0 Å². The van der Waals surface area contributed by atoms with Crippen molar-refractivity contribution in [1.29, 1.82) is 0 Å². The van der Waals surface area contributed by atoms with Gasteiger partial charge in [-0.3, -0.25) is 0 Å². The molecule has 0 saturated carbocycles. The van der Waals surface area contributed by atoms with Crippen LogP contribution in [0.15, 0.2) is 97.1 Å². The molecule has 120 valence electrons. The topological polar surface area (TPSA) is 12.9 Å². The Kier molecular flexibility index (Phi) is 4.09. The smallest absolute Gasteiger partial charge is 0.131 e. The second-order valence-electron chi connectivity index (χ2n) is 5.84. The first-order valence-corrected chi connectivity index (χ1v) is 8.19. The Labute approximate surface area is 146 Å². The summed E-state index contributed by atoms with van der Waals surface area (Å²) in [5.74, 6) is -0.230. The van der Waals surface area contributed by atoms with Crippen LogP contribution in [-0.4, -0.2) is 4.98 Å². The molecule has 0 unspecified atom stereocenters. The molecule has 0 N–H and O–H groups in total. The molecule has 3 aromatic carbocycles. The number of benzene rings is 3. The second kappa shape index (κ2) is 6.70. The average Bonchev–Trinajstić information content (AvgIpc) is 2.69. The molecule has 0 saturated heterocycles. The summed E-state index contributed by atoms with van der Waals surface area (Å²) in [6, 6.07) is 30.7. The monoisotopic (exact) mass is 325 g/mol. The maximum atomic E-state index is 14.3. The van der Waals surface area contributed by atoms with Gasteiger partial charge in [0.2, 0.25) is 0 Å². The molecule has 1 nitrogen and oxygen atoms in total. The highest BCUT2D eigenvalue weighted by molar-refractivity contribution is 5.76. The zero-order chi connectivity index (χ0) is 17.1. The second-order valence-corrected chi connectivity index (χ2v) is 5.84. The lowest BCUT2D eigenvalue weighted by Crippen LogP contribution is -1.92. The van der Waals surface area contributed by atoms with Crippen LogP contribution < -0.4 is 0 Å². The first-order chi connectivity index (χ1) is 12.3. The molecule has 0 aliphatic rings. The maximum Gasteiger partial charge on any atom is 0.131 e. The Bertz CT molecular complexity index is 937. The highest BCUT2D eigenvalue weighted by Gasteiger charge is 2.11. The molecule has 0 amide bonds. The highest BCUT2D eigenvalue weighted by atomic mass is 19.1. The Morgan fingerprint density at radius 3 is 1.52 bits per heavy atom. The first kappa shape index (κ1) is 15.3. The number of pyridine rings is 1. The first-order valence-electron chi connectivity index (χ1n) is 8.19. The molecular weight excluding hydrogens is 309 g/mol. The van der Waals surface area contributed by atoms with Crippen molar-refractivity contribution >= 4 is 0 Å². The third-order valence-electron chi connectivity index (χ3n) is 4.15. The molecule has 1 aromatic heterocycles. The molecule has 0 spiro atoms. The Morgan fingerprint density at radius 1 is 0.520 bits per heavy atom. The van der Waals surface area contributed by atoms with Crippen molar-refractivity contribution in [2.75, 3.05) is 0 Å². The van der Waals surface area contributed by atoms with Crippen LogP contribution in [-0.2, 0) is 0 Å². The van der Waals surface area contributed by atoms with E-state index in [1.165, 1.54) is 6.07 Å². The summed E-state index contributed by atoms with van der Waals surface area (Å²) in [5, 5.41) is 0. The summed E-state index contributed by atoms with van der Waals surface area (Å²) in [7, 11) is 0. The van der Waals surface area contributed by atoms with E-state index >= 15 is 0 Å². The van der Waals surface area contributed by atoms with E-state index in [9.17, 15) is 4.39 Å². The zero-order valence-electron chi connectivity index (χ0n) is 13.6. The normalized spacial score (nSPS) is 10.6. The quantitative estimate of drug-likeness (QED) is 0.435. The van der Waals surface area contributed by atoms with Crippen molar-refractivity contribution in [3.63, 3.8) is 0 Å². The molecule has 2 heteroatoms. The SMILES string of the molecule is Fc1ccccc1-c1cc(-c2ccccc2)nc(-c2ccccc2)c1. The van der Waals surface area contributed by atoms with Gasteiger partial charge in [0.25, 0.3) is 0 Å². The van der Waals surface area contributed by atoms with Crippen LogP contribution in [0.4, 0.5) is 4.39 Å². The van der Waals surface area contributed by atoms with Crippen LogP contribution in [0.3, 0.4) is 0 Å². The summed E-state index contributed by atoms with van der Waals surface area (Å²) in [5.41, 5.74) is 5.10. The summed E-state index contributed by atoms with van der Waals surface area (Å²) >= 11 is 0. The van der Waals surface area contributed by atoms with Gasteiger partial charge in [0, 0.05) is 16.7 Å². The van der Waals surface area contributed by atoms with E-state index in [0.29, 0.717) is 5.56 Å². The molecule has 0 aliphatic heterocycles. The average molecular weight is 325 g/mol. The van der Waals surface area contributed by atoms with Gasteiger partial charge in [-0.25, -0.2) is 9.37 Å². The minimum absolute atomic E-state index is 0.230. The lowest BCUT2D eigenvalue weighted by Gasteiger charge is -2.10. The highest BCUT2D eigenvalue weighted by Crippen LogP contribution is 2.31. The van der Waals surface area contributed by atoms with E-state index in [4.69, 9.17) is 4.98 Å². The van der Waals surface area contributed by atoms with Gasteiger partial charge in [0.1, 0.15) is 5.82 Å². The Morgan fingerprint density at radius 2 is 1.00 bits per heavy atom. The number of hydrogen-bond donors (Lipinski definition) is 0. The molecule has 1 heterocycles. The minimum Gasteiger partial charge on any atom is -0.248 e. The molecule has 25 heavy (non-hydrogen) atoms. The Balaban J connectivity index is 1.94. The standard InChI is InChI=1S/C23H16FN/c24-21-14-8-7-13-20(21)19-15-22(17-9-3-1-4-10-17)25-23(16-19)18-11-5-2-6-12-18/h1-16H. The number of halogens is 1. The number of rotatable bonds is 3. The van der Waals surface area contributed by atoms with Crippen molar-refractivity contribution < 1.29 is 4.39 Å². The van der Waals surface area contributed by atoms with Crippen LogP contribution in [0, 0.1) is 5.82 Å². The van der Waals surface area contributed by atoms with E-state index in [-0.39, 0.29) is 5.82 Å². The molecule has 4 rings (SSSR count). The molecule has 0 fully saturated rings. The number of nitrogens with zero attached hydrogens (tertiary/aromatic N) is 1. The predicted molar refractivity (Wildman–Crippen MR) is 101 cm³/mol. The maximum absolute atomic E-state index is 14.3. The summed E-state index contributed by atoms with van der Waals surface area (Å²) in [6.45, 7) is 0. The molecule has 0 aliphatic carbocycles. The van der Waals surface area contributed by atoms with Crippen LogP contribution >= 0.6 is 0 Å². The Hall–Kier alpha value is -3.26. The number of hydrogen-bond acceptors (Lipinski definition) is 1.